The Labute approximate surface area is 191 Å². The molecule has 1 aliphatic rings. The lowest BCUT2D eigenvalue weighted by Crippen LogP contribution is -2.45. The highest BCUT2D eigenvalue weighted by atomic mass is 32.1. The Kier molecular flexibility index (Phi) is 6.09. The summed E-state index contributed by atoms with van der Waals surface area (Å²) in [5.74, 6) is -1.46. The zero-order chi connectivity index (χ0) is 23.5. The van der Waals surface area contributed by atoms with Crippen molar-refractivity contribution in [1.82, 2.24) is 20.0 Å². The third-order valence-corrected chi connectivity index (χ3v) is 5.78. The van der Waals surface area contributed by atoms with Gasteiger partial charge in [-0.15, -0.1) is 11.3 Å². The molecule has 168 valence electrons. The number of carbonyl (C=O) groups excluding carboxylic acids is 3. The van der Waals surface area contributed by atoms with Crippen molar-refractivity contribution in [2.45, 2.75) is 13.3 Å². The van der Waals surface area contributed by atoms with E-state index in [1.807, 2.05) is 6.07 Å². The number of pyridine rings is 1. The summed E-state index contributed by atoms with van der Waals surface area (Å²) in [7, 11) is 0. The van der Waals surface area contributed by atoms with Gasteiger partial charge in [0.15, 0.2) is 0 Å². The van der Waals surface area contributed by atoms with Crippen LogP contribution in [0, 0.1) is 10.1 Å². The predicted molar refractivity (Wildman–Crippen MR) is 119 cm³/mol. The smallest absolute Gasteiger partial charge is 0.293 e. The fourth-order valence-corrected chi connectivity index (χ4v) is 4.20. The normalized spacial score (nSPS) is 13.1. The second-order valence-electron chi connectivity index (χ2n) is 7.16. The topological polar surface area (TPSA) is 139 Å². The third-order valence-electron chi connectivity index (χ3n) is 4.88. The predicted octanol–water partition coefficient (Wildman–Crippen LogP) is 2.98. The monoisotopic (exact) mass is 466 g/mol. The number of aromatic nitrogens is 2. The summed E-state index contributed by atoms with van der Waals surface area (Å²) in [5.41, 5.74) is 0.593. The molecule has 4 rings (SSSR count). The molecular weight excluding hydrogens is 448 g/mol. The number of amides is 3. The van der Waals surface area contributed by atoms with E-state index in [4.69, 9.17) is 0 Å². The number of nitro benzene ring substituents is 1. The fourth-order valence-electron chi connectivity index (χ4n) is 3.42. The van der Waals surface area contributed by atoms with Crippen LogP contribution in [-0.2, 0) is 4.79 Å². The maximum atomic E-state index is 13.1. The molecule has 3 amide bonds. The van der Waals surface area contributed by atoms with Gasteiger partial charge < -0.3 is 5.32 Å². The van der Waals surface area contributed by atoms with E-state index < -0.39 is 28.3 Å². The summed E-state index contributed by atoms with van der Waals surface area (Å²) < 4.78 is 0. The maximum absolute atomic E-state index is 13.1. The van der Waals surface area contributed by atoms with Gasteiger partial charge in [-0.05, 0) is 30.7 Å². The average molecular weight is 466 g/mol. The highest BCUT2D eigenvalue weighted by Gasteiger charge is 2.34. The summed E-state index contributed by atoms with van der Waals surface area (Å²) in [6.07, 6.45) is 3.85. The van der Waals surface area contributed by atoms with E-state index in [0.29, 0.717) is 18.0 Å². The number of nitrogens with zero attached hydrogens (tertiary/aromatic N) is 5. The molecule has 0 saturated carbocycles. The summed E-state index contributed by atoms with van der Waals surface area (Å²) in [5, 5.41) is 18.6. The average Bonchev–Trinajstić information content (AvgIpc) is 3.49. The van der Waals surface area contributed by atoms with Crippen LogP contribution in [0.5, 0.6) is 0 Å². The van der Waals surface area contributed by atoms with Gasteiger partial charge in [0.2, 0.25) is 5.91 Å². The zero-order valence-electron chi connectivity index (χ0n) is 17.4. The zero-order valence-corrected chi connectivity index (χ0v) is 18.2. The molecule has 0 bridgehead atoms. The first-order chi connectivity index (χ1) is 15.8. The van der Waals surface area contributed by atoms with Crippen LogP contribution in [0.2, 0.25) is 0 Å². The van der Waals surface area contributed by atoms with Crippen LogP contribution in [-0.4, -0.2) is 55.7 Å². The molecule has 1 fully saturated rings. The number of thiazole rings is 1. The number of hydrogen-bond acceptors (Lipinski definition) is 8. The number of anilines is 1. The van der Waals surface area contributed by atoms with Gasteiger partial charge >= 0.3 is 0 Å². The van der Waals surface area contributed by atoms with Crippen molar-refractivity contribution in [2.24, 2.45) is 0 Å². The summed E-state index contributed by atoms with van der Waals surface area (Å²) in [4.78, 5) is 56.7. The SMILES string of the molecule is CC(=O)Nc1ccc(C(=O)N2CCCN2C(=O)c2csc(-c3cccnc3)n2)cc1[N+](=O)[O-]. The molecule has 33 heavy (non-hydrogen) atoms. The number of rotatable bonds is 5. The molecule has 3 aromatic rings. The second-order valence-corrected chi connectivity index (χ2v) is 8.02. The lowest BCUT2D eigenvalue weighted by molar-refractivity contribution is -0.384. The third kappa shape index (κ3) is 4.55. The first-order valence-electron chi connectivity index (χ1n) is 9.90. The number of benzene rings is 1. The molecule has 1 aliphatic heterocycles. The van der Waals surface area contributed by atoms with Crippen molar-refractivity contribution in [3.8, 4) is 10.6 Å². The summed E-state index contributed by atoms with van der Waals surface area (Å²) in [6.45, 7) is 1.83. The van der Waals surface area contributed by atoms with Crippen LogP contribution in [0.15, 0.2) is 48.1 Å². The quantitative estimate of drug-likeness (QED) is 0.450. The Morgan fingerprint density at radius 1 is 1.15 bits per heavy atom. The molecule has 3 heterocycles. The summed E-state index contributed by atoms with van der Waals surface area (Å²) in [6, 6.07) is 7.39. The van der Waals surface area contributed by atoms with Crippen LogP contribution in [0.25, 0.3) is 10.6 Å². The fraction of sp³-hybridized carbons (Fsp3) is 0.190. The van der Waals surface area contributed by atoms with Gasteiger partial charge in [0.05, 0.1) is 4.92 Å². The van der Waals surface area contributed by atoms with Crippen LogP contribution < -0.4 is 5.32 Å². The highest BCUT2D eigenvalue weighted by Crippen LogP contribution is 2.28. The number of nitrogens with one attached hydrogen (secondary N) is 1. The van der Waals surface area contributed by atoms with E-state index in [2.05, 4.69) is 15.3 Å². The minimum Gasteiger partial charge on any atom is -0.321 e. The van der Waals surface area contributed by atoms with Gasteiger partial charge in [-0.2, -0.15) is 0 Å². The van der Waals surface area contributed by atoms with Crippen molar-refractivity contribution in [1.29, 1.82) is 0 Å². The minimum atomic E-state index is -0.676. The molecule has 12 heteroatoms. The van der Waals surface area contributed by atoms with Crippen LogP contribution in [0.4, 0.5) is 11.4 Å². The Morgan fingerprint density at radius 3 is 2.58 bits per heavy atom. The molecule has 1 N–H and O–H groups in total. The molecule has 0 atom stereocenters. The number of nitro groups is 1. The standard InChI is InChI=1S/C21H18N6O5S/c1-13(28)23-16-6-5-14(10-18(16)27(31)32)20(29)25-8-3-9-26(25)21(30)17-12-33-19(24-17)15-4-2-7-22-11-15/h2,4-7,10-12H,3,8-9H2,1H3,(H,23,28). The van der Waals surface area contributed by atoms with Crippen molar-refractivity contribution in [3.05, 3.63) is 69.5 Å². The van der Waals surface area contributed by atoms with E-state index in [9.17, 15) is 24.5 Å². The number of carbonyl (C=O) groups is 3. The molecule has 2 aromatic heterocycles. The van der Waals surface area contributed by atoms with Gasteiger partial charge in [-0.25, -0.2) is 15.0 Å². The van der Waals surface area contributed by atoms with Crippen molar-refractivity contribution < 1.29 is 19.3 Å². The first kappa shape index (κ1) is 22.0. The Balaban J connectivity index is 1.57. The number of hydrogen-bond donors (Lipinski definition) is 1. The Bertz CT molecular complexity index is 1240. The Morgan fingerprint density at radius 2 is 1.91 bits per heavy atom. The first-order valence-corrected chi connectivity index (χ1v) is 10.8. The van der Waals surface area contributed by atoms with Crippen molar-refractivity contribution in [3.63, 3.8) is 0 Å². The van der Waals surface area contributed by atoms with Gasteiger partial charge in [-0.1, -0.05) is 0 Å². The largest absolute Gasteiger partial charge is 0.321 e. The van der Waals surface area contributed by atoms with E-state index in [1.54, 1.807) is 23.8 Å². The number of hydrazine groups is 1. The molecule has 1 aromatic carbocycles. The molecular formula is C21H18N6O5S. The van der Waals surface area contributed by atoms with Crippen LogP contribution in [0.1, 0.15) is 34.2 Å². The van der Waals surface area contributed by atoms with Gasteiger partial charge in [0.25, 0.3) is 17.5 Å². The second kappa shape index (κ2) is 9.12. The maximum Gasteiger partial charge on any atom is 0.293 e. The van der Waals surface area contributed by atoms with E-state index >= 15 is 0 Å². The van der Waals surface area contributed by atoms with Gasteiger partial charge in [0.1, 0.15) is 16.4 Å². The van der Waals surface area contributed by atoms with E-state index in [0.717, 1.165) is 11.6 Å². The van der Waals surface area contributed by atoms with Crippen LogP contribution in [0.3, 0.4) is 0 Å². The molecule has 11 nitrogen and oxygen atoms in total. The lowest BCUT2D eigenvalue weighted by atomic mass is 10.1. The molecule has 0 spiro atoms. The van der Waals surface area contributed by atoms with Crippen molar-refractivity contribution >= 4 is 40.4 Å². The molecule has 0 unspecified atom stereocenters. The summed E-state index contributed by atoms with van der Waals surface area (Å²) >= 11 is 1.30. The lowest BCUT2D eigenvalue weighted by Gasteiger charge is -2.27. The molecule has 0 aliphatic carbocycles. The van der Waals surface area contributed by atoms with Crippen molar-refractivity contribution in [2.75, 3.05) is 18.4 Å². The minimum absolute atomic E-state index is 0.0104. The molecule has 0 radical (unpaired) electrons. The van der Waals surface area contributed by atoms with Gasteiger partial charge in [-0.3, -0.25) is 29.5 Å². The van der Waals surface area contributed by atoms with Crippen LogP contribution >= 0.6 is 11.3 Å². The Hall–Kier alpha value is -4.19. The van der Waals surface area contributed by atoms with Gasteiger partial charge in [0, 0.05) is 55.0 Å². The van der Waals surface area contributed by atoms with E-state index in [1.165, 1.54) is 40.4 Å². The van der Waals surface area contributed by atoms with E-state index in [-0.39, 0.29) is 23.5 Å². The highest BCUT2D eigenvalue weighted by molar-refractivity contribution is 7.13. The molecule has 1 saturated heterocycles.